The number of aromatic nitrogens is 2. The highest BCUT2D eigenvalue weighted by Crippen LogP contribution is 2.05. The van der Waals surface area contributed by atoms with Crippen molar-refractivity contribution in [2.24, 2.45) is 17.4 Å². The number of nitrogens with two attached hydrogens (primary N) is 2. The summed E-state index contributed by atoms with van der Waals surface area (Å²) in [5, 5.41) is 16.3. The van der Waals surface area contributed by atoms with E-state index < -0.39 is 54.3 Å². The standard InChI is InChI=1S/C19H31N7O6/c1-10(2)5-12(20)17(29)26-14(6-11-7-22-9-24-11)18(30)23-8-16(28)25-13(19(31)32)3-4-15(21)27/h7,9-10,12-14H,3-6,8,20H2,1-2H3,(H2,21,27)(H,22,24)(H,23,30)(H,25,28)(H,26,29)(H,31,32). The Hall–Kier alpha value is -3.48. The lowest BCUT2D eigenvalue weighted by atomic mass is 10.0. The van der Waals surface area contributed by atoms with Gasteiger partial charge in [-0.3, -0.25) is 19.2 Å². The molecule has 3 atom stereocenters. The number of aromatic amines is 1. The molecule has 1 aromatic rings. The molecular formula is C19H31N7O6. The van der Waals surface area contributed by atoms with Crippen molar-refractivity contribution in [1.29, 1.82) is 0 Å². The van der Waals surface area contributed by atoms with Gasteiger partial charge >= 0.3 is 5.97 Å². The number of hydrogen-bond acceptors (Lipinski definition) is 7. The van der Waals surface area contributed by atoms with E-state index in [4.69, 9.17) is 16.6 Å². The second-order valence-corrected chi connectivity index (χ2v) is 7.76. The van der Waals surface area contributed by atoms with E-state index in [1.807, 2.05) is 13.8 Å². The molecule has 1 heterocycles. The summed E-state index contributed by atoms with van der Waals surface area (Å²) in [4.78, 5) is 65.8. The maximum atomic E-state index is 12.6. The fourth-order valence-electron chi connectivity index (χ4n) is 2.80. The molecule has 0 radical (unpaired) electrons. The maximum Gasteiger partial charge on any atom is 0.326 e. The van der Waals surface area contributed by atoms with Crippen molar-refractivity contribution in [3.05, 3.63) is 18.2 Å². The molecule has 13 nitrogen and oxygen atoms in total. The van der Waals surface area contributed by atoms with E-state index in [1.54, 1.807) is 0 Å². The van der Waals surface area contributed by atoms with Crippen LogP contribution in [0.4, 0.5) is 0 Å². The lowest BCUT2D eigenvalue weighted by Gasteiger charge is -2.21. The number of carboxylic acids is 1. The topological polar surface area (TPSA) is 222 Å². The van der Waals surface area contributed by atoms with Crippen LogP contribution < -0.4 is 27.4 Å². The molecule has 0 spiro atoms. The first-order valence-electron chi connectivity index (χ1n) is 10.1. The van der Waals surface area contributed by atoms with Crippen LogP contribution in [-0.4, -0.2) is 69.3 Å². The van der Waals surface area contributed by atoms with E-state index in [1.165, 1.54) is 12.5 Å². The third-order valence-corrected chi connectivity index (χ3v) is 4.41. The Balaban J connectivity index is 2.71. The van der Waals surface area contributed by atoms with Gasteiger partial charge in [0.1, 0.15) is 12.1 Å². The molecule has 0 saturated carbocycles. The van der Waals surface area contributed by atoms with Gasteiger partial charge in [-0.25, -0.2) is 9.78 Å². The molecule has 4 amide bonds. The number of carbonyl (C=O) groups is 5. The zero-order chi connectivity index (χ0) is 24.3. The Morgan fingerprint density at radius 2 is 1.81 bits per heavy atom. The molecule has 9 N–H and O–H groups in total. The van der Waals surface area contributed by atoms with Crippen LogP contribution in [0.3, 0.4) is 0 Å². The Labute approximate surface area is 185 Å². The molecule has 32 heavy (non-hydrogen) atoms. The Bertz CT molecular complexity index is 796. The largest absolute Gasteiger partial charge is 0.480 e. The van der Waals surface area contributed by atoms with Crippen LogP contribution in [0.5, 0.6) is 0 Å². The normalized spacial score (nSPS) is 13.6. The molecule has 178 valence electrons. The summed E-state index contributed by atoms with van der Waals surface area (Å²) >= 11 is 0. The van der Waals surface area contributed by atoms with E-state index in [0.29, 0.717) is 12.1 Å². The Morgan fingerprint density at radius 3 is 2.34 bits per heavy atom. The first-order chi connectivity index (χ1) is 15.0. The average molecular weight is 454 g/mol. The summed E-state index contributed by atoms with van der Waals surface area (Å²) < 4.78 is 0. The minimum Gasteiger partial charge on any atom is -0.480 e. The molecule has 0 saturated heterocycles. The fraction of sp³-hybridized carbons (Fsp3) is 0.579. The highest BCUT2D eigenvalue weighted by molar-refractivity contribution is 5.92. The van der Waals surface area contributed by atoms with Crippen LogP contribution >= 0.6 is 0 Å². The first-order valence-corrected chi connectivity index (χ1v) is 10.1. The highest BCUT2D eigenvalue weighted by atomic mass is 16.4. The van der Waals surface area contributed by atoms with Crippen molar-refractivity contribution >= 4 is 29.6 Å². The molecule has 0 aliphatic heterocycles. The second-order valence-electron chi connectivity index (χ2n) is 7.76. The number of amides is 4. The van der Waals surface area contributed by atoms with Crippen LogP contribution in [0.15, 0.2) is 12.5 Å². The van der Waals surface area contributed by atoms with Crippen LogP contribution in [0.2, 0.25) is 0 Å². The summed E-state index contributed by atoms with van der Waals surface area (Å²) in [6.07, 6.45) is 3.00. The van der Waals surface area contributed by atoms with Gasteiger partial charge in [-0.05, 0) is 18.8 Å². The van der Waals surface area contributed by atoms with Gasteiger partial charge in [0.05, 0.1) is 18.9 Å². The molecule has 0 fully saturated rings. The van der Waals surface area contributed by atoms with Gasteiger partial charge in [0.15, 0.2) is 0 Å². The average Bonchev–Trinajstić information content (AvgIpc) is 3.20. The SMILES string of the molecule is CC(C)CC(N)C(=O)NC(Cc1cnc[nH]1)C(=O)NCC(=O)NC(CCC(N)=O)C(=O)O. The fourth-order valence-corrected chi connectivity index (χ4v) is 2.80. The van der Waals surface area contributed by atoms with Crippen molar-refractivity contribution < 1.29 is 29.1 Å². The lowest BCUT2D eigenvalue weighted by Crippen LogP contribution is -2.54. The maximum absolute atomic E-state index is 12.6. The molecule has 0 bridgehead atoms. The molecule has 0 aliphatic rings. The number of carbonyl (C=O) groups excluding carboxylic acids is 4. The molecule has 1 rings (SSSR count). The summed E-state index contributed by atoms with van der Waals surface area (Å²) in [6.45, 7) is 3.29. The quantitative estimate of drug-likeness (QED) is 0.163. The van der Waals surface area contributed by atoms with Crippen molar-refractivity contribution in [2.75, 3.05) is 6.54 Å². The van der Waals surface area contributed by atoms with Crippen molar-refractivity contribution in [3.8, 4) is 0 Å². The van der Waals surface area contributed by atoms with Gasteiger partial charge in [0.25, 0.3) is 0 Å². The molecule has 0 aromatic carbocycles. The molecular weight excluding hydrogens is 422 g/mol. The van der Waals surface area contributed by atoms with E-state index in [-0.39, 0.29) is 25.2 Å². The van der Waals surface area contributed by atoms with Gasteiger partial charge in [-0.2, -0.15) is 0 Å². The van der Waals surface area contributed by atoms with Gasteiger partial charge < -0.3 is 37.5 Å². The number of aliphatic carboxylic acids is 1. The summed E-state index contributed by atoms with van der Waals surface area (Å²) in [5.74, 6) is -3.82. The number of imidazole rings is 1. The number of rotatable bonds is 14. The van der Waals surface area contributed by atoms with Gasteiger partial charge in [-0.1, -0.05) is 13.8 Å². The monoisotopic (exact) mass is 453 g/mol. The number of H-pyrrole nitrogens is 1. The molecule has 3 unspecified atom stereocenters. The number of primary amides is 1. The number of nitrogens with zero attached hydrogens (tertiary/aromatic N) is 1. The predicted octanol–water partition coefficient (Wildman–Crippen LogP) is -2.24. The molecule has 13 heteroatoms. The van der Waals surface area contributed by atoms with E-state index in [9.17, 15) is 24.0 Å². The van der Waals surface area contributed by atoms with Gasteiger partial charge in [0, 0.05) is 24.7 Å². The minimum atomic E-state index is -1.34. The minimum absolute atomic E-state index is 0.0734. The Morgan fingerprint density at radius 1 is 1.12 bits per heavy atom. The third kappa shape index (κ3) is 10.0. The third-order valence-electron chi connectivity index (χ3n) is 4.41. The number of nitrogens with one attached hydrogen (secondary N) is 4. The summed E-state index contributed by atoms with van der Waals surface area (Å²) in [6, 6.07) is -3.18. The van der Waals surface area contributed by atoms with Crippen LogP contribution in [0.25, 0.3) is 0 Å². The lowest BCUT2D eigenvalue weighted by molar-refractivity contribution is -0.142. The van der Waals surface area contributed by atoms with Crippen molar-refractivity contribution in [1.82, 2.24) is 25.9 Å². The van der Waals surface area contributed by atoms with Crippen LogP contribution in [0.1, 0.15) is 38.8 Å². The number of carboxylic acid groups (broad SMARTS) is 1. The summed E-state index contributed by atoms with van der Waals surface area (Å²) in [7, 11) is 0. The first kappa shape index (κ1) is 26.6. The smallest absolute Gasteiger partial charge is 0.326 e. The van der Waals surface area contributed by atoms with E-state index in [2.05, 4.69) is 25.9 Å². The van der Waals surface area contributed by atoms with Gasteiger partial charge in [-0.15, -0.1) is 0 Å². The molecule has 0 aliphatic carbocycles. The summed E-state index contributed by atoms with van der Waals surface area (Å²) in [5.41, 5.74) is 11.4. The van der Waals surface area contributed by atoms with Crippen LogP contribution in [-0.2, 0) is 30.4 Å². The zero-order valence-electron chi connectivity index (χ0n) is 18.1. The van der Waals surface area contributed by atoms with Crippen molar-refractivity contribution in [2.45, 2.75) is 57.7 Å². The predicted molar refractivity (Wildman–Crippen MR) is 113 cm³/mol. The number of hydrogen-bond donors (Lipinski definition) is 7. The highest BCUT2D eigenvalue weighted by Gasteiger charge is 2.26. The van der Waals surface area contributed by atoms with Crippen LogP contribution in [0, 0.1) is 5.92 Å². The van der Waals surface area contributed by atoms with E-state index >= 15 is 0 Å². The van der Waals surface area contributed by atoms with Gasteiger partial charge in [0.2, 0.25) is 23.6 Å². The Kier molecular flexibility index (Phi) is 10.8. The van der Waals surface area contributed by atoms with Crippen molar-refractivity contribution in [3.63, 3.8) is 0 Å². The van der Waals surface area contributed by atoms with E-state index in [0.717, 1.165) is 0 Å². The zero-order valence-corrected chi connectivity index (χ0v) is 18.1. The molecule has 1 aromatic heterocycles. The second kappa shape index (κ2) is 13.0.